The number of fused-ring (bicyclic) bond motifs is 3. The van der Waals surface area contributed by atoms with Crippen molar-refractivity contribution >= 4 is 45.9 Å². The van der Waals surface area contributed by atoms with Crippen molar-refractivity contribution in [3.63, 3.8) is 0 Å². The summed E-state index contributed by atoms with van der Waals surface area (Å²) in [7, 11) is 1.88. The number of nitrogens with zero attached hydrogens (tertiary/aromatic N) is 6. The molecule has 13 nitrogen and oxygen atoms in total. The van der Waals surface area contributed by atoms with Gasteiger partial charge in [0.15, 0.2) is 0 Å². The van der Waals surface area contributed by atoms with Crippen LogP contribution in [0.2, 0.25) is 0 Å². The van der Waals surface area contributed by atoms with Crippen LogP contribution >= 0.6 is 0 Å². The Hall–Kier alpha value is -5.01. The van der Waals surface area contributed by atoms with Gasteiger partial charge in [-0.1, -0.05) is 19.9 Å². The molecular formula is C43H53N9O4. The molecule has 13 heteroatoms. The van der Waals surface area contributed by atoms with E-state index in [2.05, 4.69) is 68.2 Å². The van der Waals surface area contributed by atoms with E-state index in [0.29, 0.717) is 24.4 Å². The van der Waals surface area contributed by atoms with Crippen LogP contribution in [0.25, 0.3) is 22.3 Å². The zero-order chi connectivity index (χ0) is 38.9. The van der Waals surface area contributed by atoms with Gasteiger partial charge in [0.05, 0.1) is 11.7 Å². The number of hydrogen-bond donors (Lipinski definition) is 3. The summed E-state index contributed by atoms with van der Waals surface area (Å²) in [6.45, 7) is 13.6. The molecule has 6 heterocycles. The standard InChI is InChI=1S/C43H53N9O4/c1-26(41(55)48(4)30-6-5-28-20-35(44-34(28)21-30)39-33-11-13-43(2,3)22-36(33)46-47-39)50-17-15-49(16-18-50)23-27-12-14-51(24-27)31-7-8-32-29(19-31)25-52(42(32)56)37-9-10-38(53)45-40(37)54/h5-8,19-21,26-27,37,44H,9-18,22-25H2,1-4H3,(H,46,47)(H,45,53,54)/t26?,27-,37?/m1/s1. The van der Waals surface area contributed by atoms with Gasteiger partial charge in [-0.2, -0.15) is 5.10 Å². The number of amides is 4. The zero-order valence-corrected chi connectivity index (χ0v) is 33.0. The molecule has 3 saturated heterocycles. The van der Waals surface area contributed by atoms with Gasteiger partial charge in [-0.3, -0.25) is 34.5 Å². The Morgan fingerprint density at radius 1 is 1.00 bits per heavy atom. The van der Waals surface area contributed by atoms with Crippen LogP contribution in [0.1, 0.15) is 73.6 Å². The van der Waals surface area contributed by atoms with Crippen LogP contribution in [-0.4, -0.2) is 118 Å². The van der Waals surface area contributed by atoms with E-state index in [4.69, 9.17) is 5.10 Å². The summed E-state index contributed by atoms with van der Waals surface area (Å²) >= 11 is 0. The summed E-state index contributed by atoms with van der Waals surface area (Å²) in [5.41, 5.74) is 9.46. The molecule has 294 valence electrons. The largest absolute Gasteiger partial charge is 0.371 e. The van der Waals surface area contributed by atoms with Crippen LogP contribution in [0.5, 0.6) is 0 Å². The molecule has 3 fully saturated rings. The minimum absolute atomic E-state index is 0.0938. The molecule has 1 aliphatic carbocycles. The summed E-state index contributed by atoms with van der Waals surface area (Å²) in [6.07, 6.45) is 4.91. The van der Waals surface area contributed by atoms with Crippen LogP contribution in [0, 0.1) is 11.3 Å². The van der Waals surface area contributed by atoms with Crippen LogP contribution in [0.15, 0.2) is 42.5 Å². The summed E-state index contributed by atoms with van der Waals surface area (Å²) in [6, 6.07) is 13.6. The van der Waals surface area contributed by atoms with E-state index >= 15 is 0 Å². The van der Waals surface area contributed by atoms with Gasteiger partial charge < -0.3 is 24.6 Å². The number of piperazine rings is 1. The minimum atomic E-state index is -0.601. The lowest BCUT2D eigenvalue weighted by molar-refractivity contribution is -0.137. The van der Waals surface area contributed by atoms with Crippen molar-refractivity contribution in [1.82, 2.24) is 35.2 Å². The molecule has 2 unspecified atom stereocenters. The van der Waals surface area contributed by atoms with Crippen LogP contribution in [-0.2, 0) is 33.8 Å². The fourth-order valence-corrected chi connectivity index (χ4v) is 9.76. The normalized spacial score (nSPS) is 23.4. The molecule has 4 aromatic rings. The second kappa shape index (κ2) is 14.2. The molecule has 9 rings (SSSR count). The number of aromatic amines is 2. The van der Waals surface area contributed by atoms with Crippen molar-refractivity contribution in [2.45, 2.75) is 77.9 Å². The van der Waals surface area contributed by atoms with Gasteiger partial charge in [0.1, 0.15) is 11.7 Å². The molecule has 0 radical (unpaired) electrons. The first-order chi connectivity index (χ1) is 26.9. The summed E-state index contributed by atoms with van der Waals surface area (Å²) in [5, 5.41) is 11.5. The maximum Gasteiger partial charge on any atom is 0.255 e. The highest BCUT2D eigenvalue weighted by molar-refractivity contribution is 6.05. The van der Waals surface area contributed by atoms with Gasteiger partial charge in [0.25, 0.3) is 5.91 Å². The van der Waals surface area contributed by atoms with E-state index in [1.165, 1.54) is 11.3 Å². The minimum Gasteiger partial charge on any atom is -0.371 e. The first-order valence-corrected chi connectivity index (χ1v) is 20.4. The number of benzene rings is 2. The molecular weight excluding hydrogens is 707 g/mol. The predicted molar refractivity (Wildman–Crippen MR) is 215 cm³/mol. The van der Waals surface area contributed by atoms with Crippen LogP contribution < -0.4 is 15.1 Å². The second-order valence-electron chi connectivity index (χ2n) is 17.6. The number of likely N-dealkylation sites (N-methyl/N-ethyl adjacent to an activating group) is 1. The van der Waals surface area contributed by atoms with E-state index in [1.54, 1.807) is 9.80 Å². The lowest BCUT2D eigenvalue weighted by Gasteiger charge is -2.39. The molecule has 0 saturated carbocycles. The molecule has 3 atom stereocenters. The van der Waals surface area contributed by atoms with E-state index in [1.807, 2.05) is 32.2 Å². The number of piperidine rings is 1. The third kappa shape index (κ3) is 6.78. The molecule has 4 amide bonds. The van der Waals surface area contributed by atoms with Crippen molar-refractivity contribution in [2.75, 3.05) is 62.7 Å². The van der Waals surface area contributed by atoms with Gasteiger partial charge in [0.2, 0.25) is 17.7 Å². The van der Waals surface area contributed by atoms with Crippen LogP contribution in [0.3, 0.4) is 0 Å². The van der Waals surface area contributed by atoms with Gasteiger partial charge >= 0.3 is 0 Å². The Morgan fingerprint density at radius 2 is 1.82 bits per heavy atom. The highest BCUT2D eigenvalue weighted by atomic mass is 16.2. The number of carbonyl (C=O) groups excluding carboxylic acids is 4. The Kier molecular flexibility index (Phi) is 9.27. The van der Waals surface area contributed by atoms with Gasteiger partial charge in [-0.05, 0) is 92.3 Å². The van der Waals surface area contributed by atoms with E-state index in [9.17, 15) is 19.2 Å². The fraction of sp³-hybridized carbons (Fsp3) is 0.512. The Labute approximate surface area is 327 Å². The number of rotatable bonds is 8. The number of anilines is 2. The quantitative estimate of drug-likeness (QED) is 0.226. The highest BCUT2D eigenvalue weighted by Gasteiger charge is 2.40. The number of H-pyrrole nitrogens is 2. The third-order valence-corrected chi connectivity index (χ3v) is 13.2. The third-order valence-electron chi connectivity index (χ3n) is 13.2. The first-order valence-electron chi connectivity index (χ1n) is 20.4. The predicted octanol–water partition coefficient (Wildman–Crippen LogP) is 4.33. The highest BCUT2D eigenvalue weighted by Crippen LogP contribution is 2.39. The molecule has 56 heavy (non-hydrogen) atoms. The smallest absolute Gasteiger partial charge is 0.255 e. The molecule has 3 N–H and O–H groups in total. The molecule has 0 bridgehead atoms. The zero-order valence-electron chi connectivity index (χ0n) is 33.0. The average Bonchev–Trinajstić information content (AvgIpc) is 3.99. The Morgan fingerprint density at radius 3 is 2.62 bits per heavy atom. The molecule has 5 aliphatic rings. The SMILES string of the molecule is CC(C(=O)N(C)c1ccc2cc(-c3n[nH]c4c3CCC(C)(C)C4)[nH]c2c1)N1CCN(C[C@H]2CCN(c3ccc4c(c3)CN(C3CCC(=O)NC3=O)C4=O)C2)CC1. The molecule has 0 spiro atoms. The molecule has 2 aromatic heterocycles. The monoisotopic (exact) mass is 759 g/mol. The van der Waals surface area contributed by atoms with Crippen molar-refractivity contribution in [1.29, 1.82) is 0 Å². The summed E-state index contributed by atoms with van der Waals surface area (Å²) in [5.74, 6) is -0.164. The fourth-order valence-electron chi connectivity index (χ4n) is 9.76. The van der Waals surface area contributed by atoms with E-state index in [-0.39, 0.29) is 41.5 Å². The molecule has 4 aliphatic heterocycles. The summed E-state index contributed by atoms with van der Waals surface area (Å²) in [4.78, 5) is 65.4. The van der Waals surface area contributed by atoms with Crippen molar-refractivity contribution < 1.29 is 19.2 Å². The number of aromatic nitrogens is 3. The number of hydrogen-bond acceptors (Lipinski definition) is 8. The van der Waals surface area contributed by atoms with Gasteiger partial charge in [-0.25, -0.2) is 0 Å². The van der Waals surface area contributed by atoms with Crippen molar-refractivity contribution in [2.24, 2.45) is 11.3 Å². The van der Waals surface area contributed by atoms with E-state index < -0.39 is 6.04 Å². The van der Waals surface area contributed by atoms with E-state index in [0.717, 1.165) is 111 Å². The number of nitrogens with one attached hydrogen (secondary N) is 3. The van der Waals surface area contributed by atoms with Gasteiger partial charge in [0, 0.05) is 105 Å². The summed E-state index contributed by atoms with van der Waals surface area (Å²) < 4.78 is 0. The van der Waals surface area contributed by atoms with Crippen molar-refractivity contribution in [3.05, 3.63) is 64.8 Å². The second-order valence-corrected chi connectivity index (χ2v) is 17.6. The Balaban J connectivity index is 0.766. The maximum atomic E-state index is 13.8. The lowest BCUT2D eigenvalue weighted by Crippen LogP contribution is -2.54. The Bertz CT molecular complexity index is 2210. The van der Waals surface area contributed by atoms with Crippen molar-refractivity contribution in [3.8, 4) is 11.4 Å². The average molecular weight is 760 g/mol. The number of imide groups is 1. The van der Waals surface area contributed by atoms with Crippen LogP contribution in [0.4, 0.5) is 11.4 Å². The topological polar surface area (TPSA) is 141 Å². The lowest BCUT2D eigenvalue weighted by atomic mass is 9.76. The van der Waals surface area contributed by atoms with Gasteiger partial charge in [-0.15, -0.1) is 0 Å². The number of carbonyl (C=O) groups is 4. The molecule has 2 aromatic carbocycles. The maximum absolute atomic E-state index is 13.8. The first kappa shape index (κ1) is 36.6.